The Kier molecular flexibility index (Phi) is 4.57. The molecular weight excluding hydrogens is 276 g/mol. The zero-order chi connectivity index (χ0) is 15.4. The summed E-state index contributed by atoms with van der Waals surface area (Å²) in [4.78, 5) is 21.2. The van der Waals surface area contributed by atoms with Crippen molar-refractivity contribution in [2.24, 2.45) is 0 Å². The Bertz CT molecular complexity index is 632. The topological polar surface area (TPSA) is 46.1 Å². The van der Waals surface area contributed by atoms with Gasteiger partial charge in [0.1, 0.15) is 0 Å². The van der Waals surface area contributed by atoms with Crippen LogP contribution in [-0.2, 0) is 6.54 Å². The van der Waals surface area contributed by atoms with E-state index in [4.69, 9.17) is 0 Å². The van der Waals surface area contributed by atoms with E-state index in [0.29, 0.717) is 5.69 Å². The first-order valence-electron chi connectivity index (χ1n) is 6.51. The molecule has 0 aliphatic heterocycles. The Morgan fingerprint density at radius 1 is 1.19 bits per heavy atom. The molecule has 0 fully saturated rings. The molecule has 2 heterocycles. The highest BCUT2D eigenvalue weighted by atomic mass is 19.2. The van der Waals surface area contributed by atoms with Crippen LogP contribution in [0.3, 0.4) is 0 Å². The van der Waals surface area contributed by atoms with Crippen LogP contribution in [0.5, 0.6) is 0 Å². The number of aromatic nitrogens is 2. The fraction of sp³-hybridized carbons (Fsp3) is 0.267. The van der Waals surface area contributed by atoms with Crippen LogP contribution in [0.25, 0.3) is 0 Å². The van der Waals surface area contributed by atoms with Crippen LogP contribution in [0.4, 0.5) is 8.78 Å². The van der Waals surface area contributed by atoms with Crippen LogP contribution in [0.1, 0.15) is 29.9 Å². The van der Waals surface area contributed by atoms with Gasteiger partial charge in [-0.3, -0.25) is 9.78 Å². The molecule has 21 heavy (non-hydrogen) atoms. The summed E-state index contributed by atoms with van der Waals surface area (Å²) in [6.45, 7) is 3.83. The molecule has 0 radical (unpaired) electrons. The van der Waals surface area contributed by atoms with Crippen molar-refractivity contribution in [1.29, 1.82) is 0 Å². The summed E-state index contributed by atoms with van der Waals surface area (Å²) in [6, 6.07) is 6.33. The smallest absolute Gasteiger partial charge is 0.257 e. The van der Waals surface area contributed by atoms with E-state index < -0.39 is 17.7 Å². The third-order valence-electron chi connectivity index (χ3n) is 3.02. The minimum absolute atomic E-state index is 0.185. The number of pyridine rings is 2. The first kappa shape index (κ1) is 15.0. The second-order valence-electron chi connectivity index (χ2n) is 4.81. The third kappa shape index (κ3) is 3.39. The van der Waals surface area contributed by atoms with Crippen molar-refractivity contribution in [2.75, 3.05) is 0 Å². The Hall–Kier alpha value is -2.37. The first-order valence-corrected chi connectivity index (χ1v) is 6.51. The highest BCUT2D eigenvalue weighted by Gasteiger charge is 2.24. The molecular formula is C15H15F2N3O. The molecule has 0 bridgehead atoms. The van der Waals surface area contributed by atoms with Crippen LogP contribution in [0.2, 0.25) is 0 Å². The average Bonchev–Trinajstić information content (AvgIpc) is 2.48. The van der Waals surface area contributed by atoms with Gasteiger partial charge in [0, 0.05) is 18.4 Å². The zero-order valence-corrected chi connectivity index (χ0v) is 11.8. The molecule has 0 unspecified atom stereocenters. The lowest BCUT2D eigenvalue weighted by Gasteiger charge is -2.26. The summed E-state index contributed by atoms with van der Waals surface area (Å²) in [5.74, 6) is -3.09. The van der Waals surface area contributed by atoms with Crippen molar-refractivity contribution in [3.8, 4) is 0 Å². The van der Waals surface area contributed by atoms with E-state index in [1.807, 2.05) is 0 Å². The first-order chi connectivity index (χ1) is 10.0. The van der Waals surface area contributed by atoms with Gasteiger partial charge < -0.3 is 4.90 Å². The Morgan fingerprint density at radius 2 is 1.95 bits per heavy atom. The standard InChI is InChI=1S/C15H15F2N3O/c1-10(2)20(9-11-5-3-4-7-18-11)15(21)12-6-8-19-14(17)13(12)16/h3-8,10H,9H2,1-2H3. The van der Waals surface area contributed by atoms with Gasteiger partial charge in [-0.05, 0) is 32.0 Å². The Balaban J connectivity index is 2.30. The molecule has 0 N–H and O–H groups in total. The van der Waals surface area contributed by atoms with E-state index in [1.165, 1.54) is 11.0 Å². The van der Waals surface area contributed by atoms with Gasteiger partial charge >= 0.3 is 0 Å². The highest BCUT2D eigenvalue weighted by Crippen LogP contribution is 2.16. The molecule has 6 heteroatoms. The summed E-state index contributed by atoms with van der Waals surface area (Å²) in [6.07, 6.45) is 2.69. The lowest BCUT2D eigenvalue weighted by atomic mass is 10.1. The zero-order valence-electron chi connectivity index (χ0n) is 11.8. The molecule has 1 amide bonds. The summed E-state index contributed by atoms with van der Waals surface area (Å²) in [5.41, 5.74) is 0.349. The van der Waals surface area contributed by atoms with E-state index in [9.17, 15) is 13.6 Å². The lowest BCUT2D eigenvalue weighted by Crippen LogP contribution is -2.37. The number of nitrogens with zero attached hydrogens (tertiary/aromatic N) is 3. The number of amides is 1. The second kappa shape index (κ2) is 6.39. The molecule has 0 atom stereocenters. The van der Waals surface area contributed by atoms with Gasteiger partial charge in [-0.25, -0.2) is 9.37 Å². The Morgan fingerprint density at radius 3 is 2.57 bits per heavy atom. The maximum Gasteiger partial charge on any atom is 0.257 e. The van der Waals surface area contributed by atoms with Gasteiger partial charge in [-0.2, -0.15) is 4.39 Å². The molecule has 110 valence electrons. The summed E-state index contributed by atoms with van der Waals surface area (Å²) < 4.78 is 26.9. The normalized spacial score (nSPS) is 10.7. The van der Waals surface area contributed by atoms with Gasteiger partial charge in [-0.15, -0.1) is 0 Å². The predicted molar refractivity (Wildman–Crippen MR) is 73.4 cm³/mol. The predicted octanol–water partition coefficient (Wildman–Crippen LogP) is 2.81. The van der Waals surface area contributed by atoms with Gasteiger partial charge in [-0.1, -0.05) is 6.07 Å². The van der Waals surface area contributed by atoms with Gasteiger partial charge in [0.25, 0.3) is 5.91 Å². The number of carbonyl (C=O) groups excluding carboxylic acids is 1. The summed E-state index contributed by atoms with van der Waals surface area (Å²) in [7, 11) is 0. The van der Waals surface area contributed by atoms with Crippen LogP contribution < -0.4 is 0 Å². The van der Waals surface area contributed by atoms with Gasteiger partial charge in [0.05, 0.1) is 17.8 Å². The van der Waals surface area contributed by atoms with Crippen LogP contribution in [-0.4, -0.2) is 26.8 Å². The second-order valence-corrected chi connectivity index (χ2v) is 4.81. The van der Waals surface area contributed by atoms with E-state index in [1.54, 1.807) is 38.2 Å². The maximum absolute atomic E-state index is 13.7. The molecule has 4 nitrogen and oxygen atoms in total. The Labute approximate surface area is 121 Å². The van der Waals surface area contributed by atoms with E-state index in [-0.39, 0.29) is 18.2 Å². The number of hydrogen-bond acceptors (Lipinski definition) is 3. The van der Waals surface area contributed by atoms with Crippen molar-refractivity contribution in [2.45, 2.75) is 26.4 Å². The van der Waals surface area contributed by atoms with E-state index in [2.05, 4.69) is 9.97 Å². The van der Waals surface area contributed by atoms with Gasteiger partial charge in [0.2, 0.25) is 5.95 Å². The average molecular weight is 291 g/mol. The molecule has 0 aliphatic rings. The minimum Gasteiger partial charge on any atom is -0.330 e. The van der Waals surface area contributed by atoms with E-state index in [0.717, 1.165) is 6.20 Å². The monoisotopic (exact) mass is 291 g/mol. The number of rotatable bonds is 4. The molecule has 0 aromatic carbocycles. The molecule has 2 rings (SSSR count). The number of carbonyl (C=O) groups is 1. The van der Waals surface area contributed by atoms with Crippen LogP contribution in [0, 0.1) is 11.8 Å². The quantitative estimate of drug-likeness (QED) is 0.814. The maximum atomic E-state index is 13.7. The number of halogens is 2. The van der Waals surface area contributed by atoms with E-state index >= 15 is 0 Å². The van der Waals surface area contributed by atoms with Crippen molar-refractivity contribution < 1.29 is 13.6 Å². The SMILES string of the molecule is CC(C)N(Cc1ccccn1)C(=O)c1ccnc(F)c1F. The lowest BCUT2D eigenvalue weighted by molar-refractivity contribution is 0.0681. The molecule has 0 aliphatic carbocycles. The third-order valence-corrected chi connectivity index (χ3v) is 3.02. The fourth-order valence-electron chi connectivity index (χ4n) is 1.89. The molecule has 2 aromatic heterocycles. The largest absolute Gasteiger partial charge is 0.330 e. The highest BCUT2D eigenvalue weighted by molar-refractivity contribution is 5.94. The van der Waals surface area contributed by atoms with Crippen LogP contribution >= 0.6 is 0 Å². The fourth-order valence-corrected chi connectivity index (χ4v) is 1.89. The van der Waals surface area contributed by atoms with Crippen molar-refractivity contribution >= 4 is 5.91 Å². The van der Waals surface area contributed by atoms with Crippen molar-refractivity contribution in [1.82, 2.24) is 14.9 Å². The molecule has 0 saturated heterocycles. The number of hydrogen-bond donors (Lipinski definition) is 0. The van der Waals surface area contributed by atoms with Crippen molar-refractivity contribution in [3.05, 3.63) is 59.7 Å². The van der Waals surface area contributed by atoms with Gasteiger partial charge in [0.15, 0.2) is 5.82 Å². The van der Waals surface area contributed by atoms with Crippen LogP contribution in [0.15, 0.2) is 36.7 Å². The van der Waals surface area contributed by atoms with Crippen molar-refractivity contribution in [3.63, 3.8) is 0 Å². The summed E-state index contributed by atoms with van der Waals surface area (Å²) >= 11 is 0. The minimum atomic E-state index is -1.28. The molecule has 2 aromatic rings. The molecule has 0 spiro atoms. The summed E-state index contributed by atoms with van der Waals surface area (Å²) in [5, 5.41) is 0. The molecule has 0 saturated carbocycles.